The van der Waals surface area contributed by atoms with Crippen molar-refractivity contribution in [2.75, 3.05) is 5.32 Å². The van der Waals surface area contributed by atoms with Crippen LogP contribution in [0.25, 0.3) is 0 Å². The maximum Gasteiger partial charge on any atom is 0.0496 e. The molecule has 3 heteroatoms. The van der Waals surface area contributed by atoms with Crippen LogP contribution in [0, 0.1) is 0 Å². The van der Waals surface area contributed by atoms with E-state index < -0.39 is 0 Å². The molecule has 88 valence electrons. The van der Waals surface area contributed by atoms with Crippen molar-refractivity contribution in [2.24, 2.45) is 0 Å². The highest BCUT2D eigenvalue weighted by Crippen LogP contribution is 2.28. The normalized spacial score (nSPS) is 12.2. The van der Waals surface area contributed by atoms with Crippen LogP contribution in [0.5, 0.6) is 0 Å². The summed E-state index contributed by atoms with van der Waals surface area (Å²) in [6.45, 7) is 2.15. The van der Waals surface area contributed by atoms with E-state index in [0.717, 1.165) is 14.6 Å². The lowest BCUT2D eigenvalue weighted by molar-refractivity contribution is 0.878. The van der Waals surface area contributed by atoms with Crippen molar-refractivity contribution in [3.05, 3.63) is 63.0 Å². The minimum atomic E-state index is 0.264. The number of rotatable bonds is 3. The van der Waals surface area contributed by atoms with Crippen LogP contribution >= 0.6 is 31.9 Å². The minimum absolute atomic E-state index is 0.264. The van der Waals surface area contributed by atoms with E-state index in [2.05, 4.69) is 74.4 Å². The summed E-state index contributed by atoms with van der Waals surface area (Å²) >= 11 is 7.05. The minimum Gasteiger partial charge on any atom is -0.378 e. The molecule has 17 heavy (non-hydrogen) atoms. The summed E-state index contributed by atoms with van der Waals surface area (Å²) in [5, 5.41) is 3.47. The molecule has 0 aliphatic rings. The van der Waals surface area contributed by atoms with E-state index in [4.69, 9.17) is 0 Å². The molecule has 1 nitrogen and oxygen atoms in total. The maximum atomic E-state index is 3.59. The first-order chi connectivity index (χ1) is 8.16. The molecule has 1 atom stereocenters. The molecule has 0 fully saturated rings. The topological polar surface area (TPSA) is 12.0 Å². The van der Waals surface area contributed by atoms with E-state index in [-0.39, 0.29) is 6.04 Å². The Bertz CT molecular complexity index is 497. The zero-order valence-electron chi connectivity index (χ0n) is 9.45. The Morgan fingerprint density at radius 1 is 1.00 bits per heavy atom. The van der Waals surface area contributed by atoms with Gasteiger partial charge in [-0.2, -0.15) is 0 Å². The lowest BCUT2D eigenvalue weighted by atomic mass is 10.1. The number of halogens is 2. The van der Waals surface area contributed by atoms with Gasteiger partial charge in [-0.05, 0) is 36.8 Å². The SMILES string of the molecule is CC(Nc1ccccc1)c1ccc(Br)cc1Br. The quantitative estimate of drug-likeness (QED) is 0.779. The average Bonchev–Trinajstić information content (AvgIpc) is 2.30. The third-order valence-electron chi connectivity index (χ3n) is 2.59. The summed E-state index contributed by atoms with van der Waals surface area (Å²) in [5.74, 6) is 0. The molecule has 0 saturated heterocycles. The monoisotopic (exact) mass is 353 g/mol. The Balaban J connectivity index is 2.17. The molecule has 2 aromatic carbocycles. The fourth-order valence-corrected chi connectivity index (χ4v) is 3.11. The van der Waals surface area contributed by atoms with Crippen LogP contribution in [-0.2, 0) is 0 Å². The summed E-state index contributed by atoms with van der Waals surface area (Å²) in [5.41, 5.74) is 2.38. The van der Waals surface area contributed by atoms with E-state index >= 15 is 0 Å². The molecule has 2 aromatic rings. The molecule has 2 rings (SSSR count). The van der Waals surface area contributed by atoms with Gasteiger partial charge in [0.2, 0.25) is 0 Å². The van der Waals surface area contributed by atoms with Gasteiger partial charge in [0, 0.05) is 20.7 Å². The first-order valence-electron chi connectivity index (χ1n) is 5.43. The predicted octanol–water partition coefficient (Wildman–Crippen LogP) is 5.38. The molecule has 0 aliphatic heterocycles. The standard InChI is InChI=1S/C14H13Br2N/c1-10(17-12-5-3-2-4-6-12)13-8-7-11(15)9-14(13)16/h2-10,17H,1H3. The first-order valence-corrected chi connectivity index (χ1v) is 7.02. The molecule has 0 aromatic heterocycles. The van der Waals surface area contributed by atoms with E-state index in [9.17, 15) is 0 Å². The summed E-state index contributed by atoms with van der Waals surface area (Å²) in [7, 11) is 0. The van der Waals surface area contributed by atoms with Crippen molar-refractivity contribution in [2.45, 2.75) is 13.0 Å². The second kappa shape index (κ2) is 5.69. The fraction of sp³-hybridized carbons (Fsp3) is 0.143. The number of benzene rings is 2. The van der Waals surface area contributed by atoms with Gasteiger partial charge < -0.3 is 5.32 Å². The van der Waals surface area contributed by atoms with Gasteiger partial charge in [0.1, 0.15) is 0 Å². The molecule has 0 heterocycles. The van der Waals surface area contributed by atoms with Gasteiger partial charge in [-0.15, -0.1) is 0 Å². The number of anilines is 1. The lowest BCUT2D eigenvalue weighted by Gasteiger charge is -2.17. The van der Waals surface area contributed by atoms with Gasteiger partial charge in [-0.25, -0.2) is 0 Å². The van der Waals surface area contributed by atoms with Gasteiger partial charge in [-0.3, -0.25) is 0 Å². The van der Waals surface area contributed by atoms with Crippen molar-refractivity contribution in [1.82, 2.24) is 0 Å². The third-order valence-corrected chi connectivity index (χ3v) is 3.77. The third kappa shape index (κ3) is 3.33. The van der Waals surface area contributed by atoms with Gasteiger partial charge in [0.05, 0.1) is 0 Å². The highest BCUT2D eigenvalue weighted by molar-refractivity contribution is 9.11. The van der Waals surface area contributed by atoms with Gasteiger partial charge in [0.25, 0.3) is 0 Å². The van der Waals surface area contributed by atoms with Crippen LogP contribution in [0.2, 0.25) is 0 Å². The molecular weight excluding hydrogens is 342 g/mol. The molecule has 0 aliphatic carbocycles. The molecule has 1 unspecified atom stereocenters. The van der Waals surface area contributed by atoms with E-state index in [1.165, 1.54) is 5.56 Å². The van der Waals surface area contributed by atoms with Gasteiger partial charge in [0.15, 0.2) is 0 Å². The van der Waals surface area contributed by atoms with Crippen LogP contribution in [-0.4, -0.2) is 0 Å². The first kappa shape index (κ1) is 12.7. The van der Waals surface area contributed by atoms with Crippen molar-refractivity contribution in [3.8, 4) is 0 Å². The second-order valence-electron chi connectivity index (χ2n) is 3.90. The van der Waals surface area contributed by atoms with Crippen molar-refractivity contribution >= 4 is 37.5 Å². The smallest absolute Gasteiger partial charge is 0.0496 e. The van der Waals surface area contributed by atoms with Crippen molar-refractivity contribution < 1.29 is 0 Å². The van der Waals surface area contributed by atoms with Crippen LogP contribution in [0.3, 0.4) is 0 Å². The molecule has 0 amide bonds. The highest BCUT2D eigenvalue weighted by Gasteiger charge is 2.09. The summed E-state index contributed by atoms with van der Waals surface area (Å²) in [4.78, 5) is 0. The molecule has 0 bridgehead atoms. The average molecular weight is 355 g/mol. The molecular formula is C14H13Br2N. The number of nitrogens with one attached hydrogen (secondary N) is 1. The number of hydrogen-bond acceptors (Lipinski definition) is 1. The van der Waals surface area contributed by atoms with Gasteiger partial charge in [-0.1, -0.05) is 56.1 Å². The fourth-order valence-electron chi connectivity index (χ4n) is 1.71. The molecule has 1 N–H and O–H groups in total. The second-order valence-corrected chi connectivity index (χ2v) is 5.67. The number of para-hydroxylation sites is 1. The Labute approximate surface area is 119 Å². The predicted molar refractivity (Wildman–Crippen MR) is 80.3 cm³/mol. The Morgan fingerprint density at radius 3 is 2.35 bits per heavy atom. The van der Waals surface area contributed by atoms with Crippen LogP contribution in [0.1, 0.15) is 18.5 Å². The van der Waals surface area contributed by atoms with E-state index in [0.29, 0.717) is 0 Å². The lowest BCUT2D eigenvalue weighted by Crippen LogP contribution is -2.07. The summed E-state index contributed by atoms with van der Waals surface area (Å²) in [6.07, 6.45) is 0. The molecule has 0 radical (unpaired) electrons. The Morgan fingerprint density at radius 2 is 1.71 bits per heavy atom. The Hall–Kier alpha value is -0.800. The highest BCUT2D eigenvalue weighted by atomic mass is 79.9. The maximum absolute atomic E-state index is 3.59. The van der Waals surface area contributed by atoms with Crippen LogP contribution < -0.4 is 5.32 Å². The van der Waals surface area contributed by atoms with Crippen LogP contribution in [0.4, 0.5) is 5.69 Å². The van der Waals surface area contributed by atoms with Crippen LogP contribution in [0.15, 0.2) is 57.5 Å². The summed E-state index contributed by atoms with van der Waals surface area (Å²) in [6, 6.07) is 16.7. The summed E-state index contributed by atoms with van der Waals surface area (Å²) < 4.78 is 2.20. The molecule has 0 saturated carbocycles. The zero-order chi connectivity index (χ0) is 12.3. The van der Waals surface area contributed by atoms with E-state index in [1.807, 2.05) is 18.2 Å². The van der Waals surface area contributed by atoms with Gasteiger partial charge >= 0.3 is 0 Å². The van der Waals surface area contributed by atoms with E-state index in [1.54, 1.807) is 0 Å². The van der Waals surface area contributed by atoms with Crippen molar-refractivity contribution in [1.29, 1.82) is 0 Å². The van der Waals surface area contributed by atoms with Crippen molar-refractivity contribution in [3.63, 3.8) is 0 Å². The Kier molecular flexibility index (Phi) is 4.24. The molecule has 0 spiro atoms. The largest absolute Gasteiger partial charge is 0.378 e. The zero-order valence-corrected chi connectivity index (χ0v) is 12.6. The number of hydrogen-bond donors (Lipinski definition) is 1.